The zero-order valence-electron chi connectivity index (χ0n) is 7.38. The first-order valence-electron chi connectivity index (χ1n) is 4.08. The molecule has 0 amide bonds. The van der Waals surface area contributed by atoms with Gasteiger partial charge in [0.1, 0.15) is 5.82 Å². The van der Waals surface area contributed by atoms with Gasteiger partial charge in [0.05, 0.1) is 0 Å². The van der Waals surface area contributed by atoms with Crippen LogP contribution >= 0.6 is 50.7 Å². The maximum Gasteiger partial charge on any atom is 0.179 e. The summed E-state index contributed by atoms with van der Waals surface area (Å²) in [6.07, 6.45) is 0.556. The lowest BCUT2D eigenvalue weighted by atomic mass is 10.1. The van der Waals surface area contributed by atoms with E-state index < -0.39 is 0 Å². The van der Waals surface area contributed by atoms with Crippen molar-refractivity contribution >= 4 is 50.7 Å². The highest BCUT2D eigenvalue weighted by atomic mass is 79.9. The molecule has 1 aromatic heterocycles. The summed E-state index contributed by atoms with van der Waals surface area (Å²) >= 11 is 16.6. The number of halogens is 3. The Labute approximate surface area is 110 Å². The Morgan fingerprint density at radius 2 is 1.93 bits per heavy atom. The van der Waals surface area contributed by atoms with Gasteiger partial charge in [0.25, 0.3) is 0 Å². The van der Waals surface area contributed by atoms with Gasteiger partial charge in [-0.1, -0.05) is 29.3 Å². The zero-order chi connectivity index (χ0) is 10.8. The third kappa shape index (κ3) is 2.69. The molecule has 0 spiro atoms. The predicted octanol–water partition coefficient (Wildman–Crippen LogP) is 4.20. The summed E-state index contributed by atoms with van der Waals surface area (Å²) in [7, 11) is 0. The van der Waals surface area contributed by atoms with Gasteiger partial charge in [0.15, 0.2) is 3.92 Å². The van der Waals surface area contributed by atoms with Gasteiger partial charge in [0.2, 0.25) is 0 Å². The first kappa shape index (κ1) is 11.3. The Morgan fingerprint density at radius 1 is 1.27 bits per heavy atom. The molecule has 0 saturated heterocycles. The smallest absolute Gasteiger partial charge is 0.179 e. The lowest BCUT2D eigenvalue weighted by Gasteiger charge is -2.03. The standard InChI is InChI=1S/C9H5BrCl2N2S/c10-9-13-8(14-15-9)4-5-6(11)2-1-3-7(5)12/h1-3H,4H2. The Kier molecular flexibility index (Phi) is 3.61. The minimum Gasteiger partial charge on any atom is -0.212 e. The molecule has 0 radical (unpaired) electrons. The molecule has 1 aromatic carbocycles. The second kappa shape index (κ2) is 4.78. The van der Waals surface area contributed by atoms with Crippen molar-refractivity contribution in [3.63, 3.8) is 0 Å². The van der Waals surface area contributed by atoms with E-state index in [1.807, 2.05) is 18.2 Å². The van der Waals surface area contributed by atoms with E-state index in [1.54, 1.807) is 0 Å². The van der Waals surface area contributed by atoms with Crippen molar-refractivity contribution in [1.82, 2.24) is 9.36 Å². The molecule has 6 heteroatoms. The van der Waals surface area contributed by atoms with Crippen LogP contribution in [-0.4, -0.2) is 9.36 Å². The number of nitrogens with zero attached hydrogens (tertiary/aromatic N) is 2. The van der Waals surface area contributed by atoms with Gasteiger partial charge in [-0.3, -0.25) is 0 Å². The van der Waals surface area contributed by atoms with Gasteiger partial charge in [-0.25, -0.2) is 4.98 Å². The van der Waals surface area contributed by atoms with Crippen LogP contribution < -0.4 is 0 Å². The average Bonchev–Trinajstić information content (AvgIpc) is 2.58. The van der Waals surface area contributed by atoms with E-state index in [0.717, 1.165) is 15.3 Å². The Bertz CT molecular complexity index is 466. The molecular weight excluding hydrogens is 319 g/mol. The topological polar surface area (TPSA) is 25.8 Å². The number of hydrogen-bond acceptors (Lipinski definition) is 3. The van der Waals surface area contributed by atoms with E-state index in [0.29, 0.717) is 16.5 Å². The van der Waals surface area contributed by atoms with Crippen LogP contribution in [0, 0.1) is 0 Å². The maximum atomic E-state index is 6.04. The van der Waals surface area contributed by atoms with Crippen LogP contribution in [0.15, 0.2) is 22.1 Å². The zero-order valence-corrected chi connectivity index (χ0v) is 11.3. The number of benzene rings is 1. The van der Waals surface area contributed by atoms with Crippen molar-refractivity contribution in [1.29, 1.82) is 0 Å². The van der Waals surface area contributed by atoms with Crippen LogP contribution in [0.4, 0.5) is 0 Å². The first-order valence-corrected chi connectivity index (χ1v) is 6.40. The highest BCUT2D eigenvalue weighted by molar-refractivity contribution is 9.11. The molecule has 2 rings (SSSR count). The average molecular weight is 324 g/mol. The minimum atomic E-state index is 0.556. The molecule has 0 bridgehead atoms. The van der Waals surface area contributed by atoms with Crippen LogP contribution in [0.25, 0.3) is 0 Å². The summed E-state index contributed by atoms with van der Waals surface area (Å²) < 4.78 is 4.92. The van der Waals surface area contributed by atoms with Gasteiger partial charge in [-0.05, 0) is 45.2 Å². The quantitative estimate of drug-likeness (QED) is 0.827. The van der Waals surface area contributed by atoms with E-state index >= 15 is 0 Å². The van der Waals surface area contributed by atoms with Gasteiger partial charge >= 0.3 is 0 Å². The summed E-state index contributed by atoms with van der Waals surface area (Å²) in [5.41, 5.74) is 0.867. The summed E-state index contributed by atoms with van der Waals surface area (Å²) in [6.45, 7) is 0. The van der Waals surface area contributed by atoms with Crippen LogP contribution in [0.2, 0.25) is 10.0 Å². The molecule has 2 aromatic rings. The third-order valence-electron chi connectivity index (χ3n) is 1.84. The van der Waals surface area contributed by atoms with Crippen molar-refractivity contribution in [2.75, 3.05) is 0 Å². The molecule has 0 N–H and O–H groups in total. The lowest BCUT2D eigenvalue weighted by Crippen LogP contribution is -1.92. The molecule has 0 fully saturated rings. The van der Waals surface area contributed by atoms with Crippen molar-refractivity contribution in [2.45, 2.75) is 6.42 Å². The number of hydrogen-bond donors (Lipinski definition) is 0. The summed E-state index contributed by atoms with van der Waals surface area (Å²) in [5, 5.41) is 1.29. The van der Waals surface area contributed by atoms with Gasteiger partial charge in [0, 0.05) is 16.5 Å². The number of aromatic nitrogens is 2. The molecule has 1 heterocycles. The molecule has 0 unspecified atom stereocenters. The SMILES string of the molecule is Clc1cccc(Cl)c1Cc1nsc(Br)n1. The summed E-state index contributed by atoms with van der Waals surface area (Å²) in [4.78, 5) is 4.19. The van der Waals surface area contributed by atoms with Crippen LogP contribution in [0.3, 0.4) is 0 Å². The predicted molar refractivity (Wildman–Crippen MR) is 66.9 cm³/mol. The van der Waals surface area contributed by atoms with E-state index in [-0.39, 0.29) is 0 Å². The third-order valence-corrected chi connectivity index (χ3v) is 3.70. The van der Waals surface area contributed by atoms with E-state index in [2.05, 4.69) is 25.3 Å². The maximum absolute atomic E-state index is 6.04. The fourth-order valence-electron chi connectivity index (χ4n) is 1.16. The molecule has 15 heavy (non-hydrogen) atoms. The molecule has 2 nitrogen and oxygen atoms in total. The Hall–Kier alpha value is -0.160. The molecule has 78 valence electrons. The normalized spacial score (nSPS) is 10.6. The van der Waals surface area contributed by atoms with Crippen molar-refractivity contribution in [3.05, 3.63) is 43.5 Å². The molecule has 0 aliphatic carbocycles. The van der Waals surface area contributed by atoms with Crippen LogP contribution in [0.1, 0.15) is 11.4 Å². The van der Waals surface area contributed by atoms with Crippen LogP contribution in [-0.2, 0) is 6.42 Å². The van der Waals surface area contributed by atoms with Gasteiger partial charge in [-0.2, -0.15) is 4.37 Å². The minimum absolute atomic E-state index is 0.556. The van der Waals surface area contributed by atoms with E-state index in [9.17, 15) is 0 Å². The first-order chi connectivity index (χ1) is 7.16. The summed E-state index contributed by atoms with van der Waals surface area (Å²) in [5.74, 6) is 0.724. The largest absolute Gasteiger partial charge is 0.212 e. The van der Waals surface area contributed by atoms with E-state index in [1.165, 1.54) is 11.5 Å². The van der Waals surface area contributed by atoms with Crippen molar-refractivity contribution in [2.24, 2.45) is 0 Å². The molecule has 0 atom stereocenters. The second-order valence-electron chi connectivity index (χ2n) is 2.84. The molecule has 0 saturated carbocycles. The number of rotatable bonds is 2. The van der Waals surface area contributed by atoms with Gasteiger partial charge in [-0.15, -0.1) is 0 Å². The Morgan fingerprint density at radius 3 is 2.47 bits per heavy atom. The fourth-order valence-corrected chi connectivity index (χ4v) is 2.55. The monoisotopic (exact) mass is 322 g/mol. The molecule has 0 aliphatic heterocycles. The van der Waals surface area contributed by atoms with Crippen molar-refractivity contribution in [3.8, 4) is 0 Å². The molecular formula is C9H5BrCl2N2S. The highest BCUT2D eigenvalue weighted by Crippen LogP contribution is 2.26. The fraction of sp³-hybridized carbons (Fsp3) is 0.111. The lowest BCUT2D eigenvalue weighted by molar-refractivity contribution is 1.03. The highest BCUT2D eigenvalue weighted by Gasteiger charge is 2.09. The molecule has 0 aliphatic rings. The van der Waals surface area contributed by atoms with E-state index in [4.69, 9.17) is 23.2 Å². The summed E-state index contributed by atoms with van der Waals surface area (Å²) in [6, 6.07) is 5.44. The van der Waals surface area contributed by atoms with Crippen LogP contribution in [0.5, 0.6) is 0 Å². The Balaban J connectivity index is 2.31. The second-order valence-corrected chi connectivity index (χ2v) is 5.68. The van der Waals surface area contributed by atoms with Crippen molar-refractivity contribution < 1.29 is 0 Å². The van der Waals surface area contributed by atoms with Gasteiger partial charge < -0.3 is 0 Å².